The van der Waals surface area contributed by atoms with Gasteiger partial charge in [0.2, 0.25) is 5.88 Å². The van der Waals surface area contributed by atoms with Crippen LogP contribution in [0, 0.1) is 5.82 Å². The molecule has 0 unspecified atom stereocenters. The highest BCUT2D eigenvalue weighted by molar-refractivity contribution is 5.68. The summed E-state index contributed by atoms with van der Waals surface area (Å²) in [5, 5.41) is 14.9. The molecule has 4 rings (SSSR count). The summed E-state index contributed by atoms with van der Waals surface area (Å²) in [5.41, 5.74) is 1.67. The number of aromatic nitrogens is 1. The second-order valence-electron chi connectivity index (χ2n) is 8.70. The highest BCUT2D eigenvalue weighted by Crippen LogP contribution is 2.34. The molecule has 0 amide bonds. The van der Waals surface area contributed by atoms with Crippen molar-refractivity contribution in [1.82, 2.24) is 10.1 Å². The van der Waals surface area contributed by atoms with Gasteiger partial charge in [-0.15, -0.1) is 6.58 Å². The van der Waals surface area contributed by atoms with Gasteiger partial charge in [-0.3, -0.25) is 4.90 Å². The maximum atomic E-state index is 14.7. The van der Waals surface area contributed by atoms with Crippen molar-refractivity contribution in [1.29, 1.82) is 0 Å². The van der Waals surface area contributed by atoms with Gasteiger partial charge in [0.1, 0.15) is 11.5 Å². The fraction of sp³-hybridized carbons (Fsp3) is 0.560. The standard InChI is InChI=1S/C25H34FN3O5/c1-2-11-32-18-19(30)15-28(16-20-6-5-12-33-20)17-22-24(21-7-3-4-8-23(21)26)27-34-25(22)29-9-13-31-14-10-29/h2-4,7-8,19-20,30H,1,5-6,9-18H2/t19-,20+/m1/s1. The van der Waals surface area contributed by atoms with Crippen molar-refractivity contribution in [2.75, 3.05) is 64.1 Å². The zero-order valence-electron chi connectivity index (χ0n) is 19.5. The normalized spacial score (nSPS) is 19.6. The number of nitrogens with zero attached hydrogens (tertiary/aromatic N) is 3. The van der Waals surface area contributed by atoms with Gasteiger partial charge < -0.3 is 28.7 Å². The molecule has 1 aromatic heterocycles. The zero-order chi connectivity index (χ0) is 23.8. The molecule has 0 aliphatic carbocycles. The first-order chi connectivity index (χ1) is 16.7. The molecule has 2 aromatic rings. The van der Waals surface area contributed by atoms with Gasteiger partial charge in [0.15, 0.2) is 0 Å². The summed E-state index contributed by atoms with van der Waals surface area (Å²) in [5.74, 6) is 0.269. The highest BCUT2D eigenvalue weighted by Gasteiger charge is 2.29. The first-order valence-corrected chi connectivity index (χ1v) is 11.9. The van der Waals surface area contributed by atoms with Crippen molar-refractivity contribution in [3.8, 4) is 11.3 Å². The van der Waals surface area contributed by atoms with Crippen molar-refractivity contribution in [2.45, 2.75) is 31.6 Å². The molecule has 0 spiro atoms. The Labute approximate surface area is 199 Å². The molecule has 2 aliphatic heterocycles. The third kappa shape index (κ3) is 6.43. The number of rotatable bonds is 12. The average Bonchev–Trinajstić information content (AvgIpc) is 3.50. The lowest BCUT2D eigenvalue weighted by atomic mass is 10.1. The number of halogens is 1. The van der Waals surface area contributed by atoms with Crippen LogP contribution in [0.3, 0.4) is 0 Å². The van der Waals surface area contributed by atoms with Gasteiger partial charge in [-0.2, -0.15) is 0 Å². The minimum absolute atomic E-state index is 0.0879. The maximum Gasteiger partial charge on any atom is 0.232 e. The summed E-state index contributed by atoms with van der Waals surface area (Å²) in [6.45, 7) is 8.94. The molecule has 8 nitrogen and oxygen atoms in total. The molecule has 2 saturated heterocycles. The Morgan fingerprint density at radius 1 is 1.29 bits per heavy atom. The summed E-state index contributed by atoms with van der Waals surface area (Å²) < 4.78 is 37.4. The zero-order valence-corrected chi connectivity index (χ0v) is 19.5. The molecule has 1 aromatic carbocycles. The van der Waals surface area contributed by atoms with Gasteiger partial charge in [0.25, 0.3) is 0 Å². The second kappa shape index (κ2) is 12.4. The lowest BCUT2D eigenvalue weighted by molar-refractivity contribution is 0.00857. The SMILES string of the molecule is C=CCOC[C@H](O)CN(Cc1c(-c2ccccc2F)noc1N1CCOCC1)C[C@@H]1CCCO1. The summed E-state index contributed by atoms with van der Waals surface area (Å²) in [6.07, 6.45) is 3.05. The Morgan fingerprint density at radius 3 is 2.85 bits per heavy atom. The van der Waals surface area contributed by atoms with Gasteiger partial charge in [-0.1, -0.05) is 23.4 Å². The van der Waals surface area contributed by atoms with Gasteiger partial charge in [-0.05, 0) is 25.0 Å². The maximum absolute atomic E-state index is 14.7. The number of morpholine rings is 1. The molecule has 2 aliphatic rings. The number of aliphatic hydroxyl groups excluding tert-OH is 1. The van der Waals surface area contributed by atoms with Crippen molar-refractivity contribution < 1.29 is 28.2 Å². The van der Waals surface area contributed by atoms with Crippen LogP contribution in [0.2, 0.25) is 0 Å². The van der Waals surface area contributed by atoms with Crippen LogP contribution in [-0.4, -0.2) is 86.6 Å². The van der Waals surface area contributed by atoms with E-state index in [0.717, 1.165) is 25.0 Å². The quantitative estimate of drug-likeness (QED) is 0.371. The largest absolute Gasteiger partial charge is 0.389 e. The summed E-state index contributed by atoms with van der Waals surface area (Å²) in [4.78, 5) is 4.21. The van der Waals surface area contributed by atoms with Gasteiger partial charge >= 0.3 is 0 Å². The van der Waals surface area contributed by atoms with Crippen molar-refractivity contribution in [3.63, 3.8) is 0 Å². The van der Waals surface area contributed by atoms with Crippen LogP contribution in [0.1, 0.15) is 18.4 Å². The molecule has 0 radical (unpaired) electrons. The minimum Gasteiger partial charge on any atom is -0.389 e. The van der Waals surface area contributed by atoms with E-state index < -0.39 is 6.10 Å². The summed E-state index contributed by atoms with van der Waals surface area (Å²) >= 11 is 0. The average molecular weight is 476 g/mol. The van der Waals surface area contributed by atoms with Crippen molar-refractivity contribution >= 4 is 5.88 Å². The Hall–Kier alpha value is -2.30. The predicted octanol–water partition coefficient (Wildman–Crippen LogP) is 2.86. The minimum atomic E-state index is -0.690. The molecule has 0 bridgehead atoms. The fourth-order valence-electron chi connectivity index (χ4n) is 4.46. The molecular weight excluding hydrogens is 441 g/mol. The number of hydrogen-bond donors (Lipinski definition) is 1. The number of hydrogen-bond acceptors (Lipinski definition) is 8. The molecule has 2 fully saturated rings. The Balaban J connectivity index is 1.61. The van der Waals surface area contributed by atoms with Crippen LogP contribution < -0.4 is 4.90 Å². The van der Waals surface area contributed by atoms with Crippen molar-refractivity contribution in [3.05, 3.63) is 48.3 Å². The second-order valence-corrected chi connectivity index (χ2v) is 8.70. The first kappa shape index (κ1) is 24.8. The molecule has 1 N–H and O–H groups in total. The predicted molar refractivity (Wildman–Crippen MR) is 126 cm³/mol. The monoisotopic (exact) mass is 475 g/mol. The molecule has 186 valence electrons. The summed E-state index contributed by atoms with van der Waals surface area (Å²) in [7, 11) is 0. The van der Waals surface area contributed by atoms with E-state index in [1.54, 1.807) is 24.3 Å². The molecule has 3 heterocycles. The van der Waals surface area contributed by atoms with E-state index in [1.807, 2.05) is 0 Å². The highest BCUT2D eigenvalue weighted by atomic mass is 19.1. The molecule has 0 saturated carbocycles. The number of anilines is 1. The first-order valence-electron chi connectivity index (χ1n) is 11.9. The van der Waals surface area contributed by atoms with Crippen LogP contribution >= 0.6 is 0 Å². The Morgan fingerprint density at radius 2 is 2.12 bits per heavy atom. The lowest BCUT2D eigenvalue weighted by Gasteiger charge is -2.30. The number of aliphatic hydroxyl groups is 1. The van der Waals surface area contributed by atoms with E-state index in [1.165, 1.54) is 6.07 Å². The lowest BCUT2D eigenvalue weighted by Crippen LogP contribution is -2.40. The van der Waals surface area contributed by atoms with Crippen LogP contribution in [0.25, 0.3) is 11.3 Å². The van der Waals surface area contributed by atoms with Crippen LogP contribution in [0.5, 0.6) is 0 Å². The van der Waals surface area contributed by atoms with Gasteiger partial charge in [0.05, 0.1) is 44.2 Å². The Bertz CT molecular complexity index is 912. The smallest absolute Gasteiger partial charge is 0.232 e. The van der Waals surface area contributed by atoms with E-state index >= 15 is 0 Å². The van der Waals surface area contributed by atoms with Crippen LogP contribution in [0.15, 0.2) is 41.4 Å². The molecule has 2 atom stereocenters. The molecule has 9 heteroatoms. The van der Waals surface area contributed by atoms with Crippen LogP contribution in [0.4, 0.5) is 10.3 Å². The van der Waals surface area contributed by atoms with Crippen molar-refractivity contribution in [2.24, 2.45) is 0 Å². The third-order valence-corrected chi connectivity index (χ3v) is 6.08. The van der Waals surface area contributed by atoms with Gasteiger partial charge in [0, 0.05) is 44.9 Å². The van der Waals surface area contributed by atoms with E-state index in [2.05, 4.69) is 21.5 Å². The Kier molecular flexibility index (Phi) is 9.06. The van der Waals surface area contributed by atoms with E-state index in [4.69, 9.17) is 18.7 Å². The van der Waals surface area contributed by atoms with E-state index in [-0.39, 0.29) is 18.5 Å². The number of benzene rings is 1. The van der Waals surface area contributed by atoms with Gasteiger partial charge in [-0.25, -0.2) is 4.39 Å². The fourth-order valence-corrected chi connectivity index (χ4v) is 4.46. The number of ether oxygens (including phenoxy) is 3. The van der Waals surface area contributed by atoms with E-state index in [9.17, 15) is 9.50 Å². The molecular formula is C25H34FN3O5. The molecule has 34 heavy (non-hydrogen) atoms. The van der Waals surface area contributed by atoms with E-state index in [0.29, 0.717) is 69.7 Å². The summed E-state index contributed by atoms with van der Waals surface area (Å²) in [6, 6.07) is 6.58. The van der Waals surface area contributed by atoms with Crippen LogP contribution in [-0.2, 0) is 20.8 Å². The topological polar surface area (TPSA) is 80.4 Å². The third-order valence-electron chi connectivity index (χ3n) is 6.08.